The van der Waals surface area contributed by atoms with Crippen molar-refractivity contribution < 1.29 is 24.5 Å². The van der Waals surface area contributed by atoms with Crippen molar-refractivity contribution in [3.05, 3.63) is 16.7 Å². The number of hydrogen-bond acceptors (Lipinski definition) is 9. The molecule has 7 N–H and O–H groups in total. The zero-order valence-corrected chi connectivity index (χ0v) is 15.4. The normalized spacial score (nSPS) is 14.6. The molecule has 0 saturated heterocycles. The zero-order chi connectivity index (χ0) is 20.9. The minimum absolute atomic E-state index is 0.0569. The van der Waals surface area contributed by atoms with Crippen molar-refractivity contribution in [2.45, 2.75) is 38.8 Å². The predicted octanol–water partition coefficient (Wildman–Crippen LogP) is -1.48. The fraction of sp³-hybridized carbons (Fsp3) is 0.533. The highest BCUT2D eigenvalue weighted by Gasteiger charge is 2.34. The molecule has 0 spiro atoms. The second-order valence-corrected chi connectivity index (χ2v) is 6.24. The largest absolute Gasteiger partial charge is 0.480 e. The third kappa shape index (κ3) is 5.03. The van der Waals surface area contributed by atoms with Crippen molar-refractivity contribution in [2.24, 2.45) is 0 Å². The van der Waals surface area contributed by atoms with E-state index in [2.05, 4.69) is 25.6 Å². The Labute approximate surface area is 158 Å². The van der Waals surface area contributed by atoms with Crippen molar-refractivity contribution in [3.8, 4) is 0 Å². The van der Waals surface area contributed by atoms with Crippen molar-refractivity contribution in [1.82, 2.24) is 30.2 Å². The molecular weight excluding hydrogens is 374 g/mol. The van der Waals surface area contributed by atoms with Crippen LogP contribution in [0.5, 0.6) is 0 Å². The second-order valence-electron chi connectivity index (χ2n) is 6.24. The van der Waals surface area contributed by atoms with E-state index in [4.69, 9.17) is 15.6 Å². The van der Waals surface area contributed by atoms with Crippen LogP contribution in [0.15, 0.2) is 11.1 Å². The number of aromatic amines is 1. The number of hydrogen-bond donors (Lipinski definition) is 6. The summed E-state index contributed by atoms with van der Waals surface area (Å²) in [6, 6.07) is -0.695. The van der Waals surface area contributed by atoms with E-state index in [9.17, 15) is 19.5 Å². The summed E-state index contributed by atoms with van der Waals surface area (Å²) >= 11 is 0. The molecule has 2 atom stereocenters. The summed E-state index contributed by atoms with van der Waals surface area (Å²) in [6.45, 7) is 3.26. The Bertz CT molecular complexity index is 910. The first-order valence-electron chi connectivity index (χ1n) is 8.43. The number of carbonyl (C=O) groups is 2. The SMILES string of the molecule is C[C@H](NCCCN[C@](C)(OCn1cnc2c(=O)[nH]c(N)nc21)C(=O)O)C(=O)O. The molecule has 28 heavy (non-hydrogen) atoms. The Morgan fingerprint density at radius 1 is 1.43 bits per heavy atom. The number of ether oxygens (including phenoxy) is 1. The molecule has 0 fully saturated rings. The number of imidazole rings is 1. The van der Waals surface area contributed by atoms with Gasteiger partial charge in [-0.05, 0) is 33.4 Å². The molecule has 0 amide bonds. The summed E-state index contributed by atoms with van der Waals surface area (Å²) in [7, 11) is 0. The molecule has 154 valence electrons. The van der Waals surface area contributed by atoms with Gasteiger partial charge < -0.3 is 26.0 Å². The van der Waals surface area contributed by atoms with Gasteiger partial charge in [0, 0.05) is 0 Å². The number of nitrogens with one attached hydrogen (secondary N) is 3. The Kier molecular flexibility index (Phi) is 6.66. The first-order chi connectivity index (χ1) is 13.1. The lowest BCUT2D eigenvalue weighted by Gasteiger charge is -2.27. The van der Waals surface area contributed by atoms with Gasteiger partial charge in [-0.15, -0.1) is 0 Å². The number of aliphatic carboxylic acids is 2. The van der Waals surface area contributed by atoms with Gasteiger partial charge in [0.2, 0.25) is 11.7 Å². The van der Waals surface area contributed by atoms with Crippen LogP contribution in [0.4, 0.5) is 5.95 Å². The van der Waals surface area contributed by atoms with E-state index in [1.807, 2.05) is 0 Å². The highest BCUT2D eigenvalue weighted by molar-refractivity contribution is 5.76. The molecule has 13 nitrogen and oxygen atoms in total. The van der Waals surface area contributed by atoms with E-state index in [1.165, 1.54) is 24.7 Å². The van der Waals surface area contributed by atoms with Crippen molar-refractivity contribution >= 4 is 29.1 Å². The average molecular weight is 397 g/mol. The van der Waals surface area contributed by atoms with Gasteiger partial charge in [0.1, 0.15) is 12.8 Å². The van der Waals surface area contributed by atoms with Crippen LogP contribution in [0.1, 0.15) is 20.3 Å². The number of aromatic nitrogens is 4. The second kappa shape index (κ2) is 8.77. The Morgan fingerprint density at radius 2 is 2.14 bits per heavy atom. The quantitative estimate of drug-likeness (QED) is 0.191. The van der Waals surface area contributed by atoms with Gasteiger partial charge in [-0.1, -0.05) is 0 Å². The first kappa shape index (κ1) is 21.3. The Morgan fingerprint density at radius 3 is 2.79 bits per heavy atom. The van der Waals surface area contributed by atoms with E-state index >= 15 is 0 Å². The smallest absolute Gasteiger partial charge is 0.351 e. The summed E-state index contributed by atoms with van der Waals surface area (Å²) in [6.07, 6.45) is 1.77. The molecule has 0 aromatic carbocycles. The number of nitrogen functional groups attached to an aromatic ring is 1. The standard InChI is InChI=1S/C15H23N7O6/c1-8(12(24)25)17-4-3-5-19-15(2,13(26)27)28-7-22-6-18-9-10(22)20-14(16)21-11(9)23/h6,8,17,19H,3-5,7H2,1-2H3,(H,24,25)(H,26,27)(H3,16,20,21,23)/t8-,15+/m0/s1. The summed E-state index contributed by atoms with van der Waals surface area (Å²) < 4.78 is 6.85. The molecule has 0 unspecified atom stereocenters. The third-order valence-electron chi connectivity index (χ3n) is 4.03. The maximum atomic E-state index is 11.8. The summed E-state index contributed by atoms with van der Waals surface area (Å²) in [4.78, 5) is 44.3. The maximum Gasteiger partial charge on any atom is 0.351 e. The van der Waals surface area contributed by atoms with E-state index in [0.717, 1.165) is 0 Å². The van der Waals surface area contributed by atoms with E-state index < -0.39 is 29.3 Å². The van der Waals surface area contributed by atoms with Crippen molar-refractivity contribution in [3.63, 3.8) is 0 Å². The molecular formula is C15H23N7O6. The number of carboxylic acids is 2. The summed E-state index contributed by atoms with van der Waals surface area (Å²) in [5.74, 6) is -2.30. The lowest BCUT2D eigenvalue weighted by molar-refractivity contribution is -0.174. The Hall–Kier alpha value is -3.03. The van der Waals surface area contributed by atoms with Gasteiger partial charge in [-0.3, -0.25) is 24.5 Å². The molecule has 0 aliphatic heterocycles. The van der Waals surface area contributed by atoms with Crippen LogP contribution >= 0.6 is 0 Å². The zero-order valence-electron chi connectivity index (χ0n) is 15.4. The Balaban J connectivity index is 1.96. The lowest BCUT2D eigenvalue weighted by Crippen LogP contribution is -2.52. The molecule has 0 aliphatic rings. The van der Waals surface area contributed by atoms with Gasteiger partial charge in [-0.25, -0.2) is 9.78 Å². The molecule has 0 bridgehead atoms. The molecule has 0 aliphatic carbocycles. The fourth-order valence-corrected chi connectivity index (χ4v) is 2.27. The highest BCUT2D eigenvalue weighted by atomic mass is 16.5. The number of carboxylic acid groups (broad SMARTS) is 2. The van der Waals surface area contributed by atoms with E-state index in [1.54, 1.807) is 0 Å². The number of anilines is 1. The van der Waals surface area contributed by atoms with Gasteiger partial charge in [-0.2, -0.15) is 4.98 Å². The minimum Gasteiger partial charge on any atom is -0.480 e. The number of nitrogens with two attached hydrogens (primary N) is 1. The molecule has 2 aromatic heterocycles. The summed E-state index contributed by atoms with van der Waals surface area (Å²) in [5, 5.41) is 23.8. The molecule has 2 heterocycles. The third-order valence-corrected chi connectivity index (χ3v) is 4.03. The van der Waals surface area contributed by atoms with Crippen molar-refractivity contribution in [1.29, 1.82) is 0 Å². The number of H-pyrrole nitrogens is 1. The number of rotatable bonds is 11. The van der Waals surface area contributed by atoms with Gasteiger partial charge in [0.15, 0.2) is 11.2 Å². The highest BCUT2D eigenvalue weighted by Crippen LogP contribution is 2.12. The van der Waals surface area contributed by atoms with Crippen LogP contribution in [-0.2, 0) is 21.1 Å². The molecule has 0 saturated carbocycles. The first-order valence-corrected chi connectivity index (χ1v) is 8.43. The molecule has 0 radical (unpaired) electrons. The molecule has 2 rings (SSSR count). The van der Waals surface area contributed by atoms with E-state index in [0.29, 0.717) is 13.0 Å². The predicted molar refractivity (Wildman–Crippen MR) is 97.4 cm³/mol. The van der Waals surface area contributed by atoms with Crippen LogP contribution in [0, 0.1) is 0 Å². The van der Waals surface area contributed by atoms with Gasteiger partial charge >= 0.3 is 11.9 Å². The lowest BCUT2D eigenvalue weighted by atomic mass is 10.2. The van der Waals surface area contributed by atoms with E-state index in [-0.39, 0.29) is 30.4 Å². The number of nitrogens with zero attached hydrogens (tertiary/aromatic N) is 3. The van der Waals surface area contributed by atoms with Crippen LogP contribution in [0.2, 0.25) is 0 Å². The fourth-order valence-electron chi connectivity index (χ4n) is 2.27. The topological polar surface area (TPSA) is 197 Å². The minimum atomic E-state index is -1.72. The van der Waals surface area contributed by atoms with Crippen LogP contribution in [0.3, 0.4) is 0 Å². The monoisotopic (exact) mass is 397 g/mol. The molecule has 13 heteroatoms. The van der Waals surface area contributed by atoms with Crippen LogP contribution in [0.25, 0.3) is 11.2 Å². The van der Waals surface area contributed by atoms with Gasteiger partial charge in [0.05, 0.1) is 6.33 Å². The summed E-state index contributed by atoms with van der Waals surface area (Å²) in [5.41, 5.74) is 3.51. The van der Waals surface area contributed by atoms with Gasteiger partial charge in [0.25, 0.3) is 5.56 Å². The molecule has 2 aromatic rings. The average Bonchev–Trinajstić information content (AvgIpc) is 3.02. The maximum absolute atomic E-state index is 11.8. The van der Waals surface area contributed by atoms with Crippen LogP contribution in [-0.4, -0.2) is 66.5 Å². The van der Waals surface area contributed by atoms with Crippen LogP contribution < -0.4 is 21.9 Å². The van der Waals surface area contributed by atoms with Crippen molar-refractivity contribution in [2.75, 3.05) is 18.8 Å². The number of fused-ring (bicyclic) bond motifs is 1.